The third kappa shape index (κ3) is 4.65. The van der Waals surface area contributed by atoms with E-state index < -0.39 is 0 Å². The molecule has 1 heterocycles. The zero-order valence-electron chi connectivity index (χ0n) is 12.1. The number of benzene rings is 1. The molecule has 0 radical (unpaired) electrons. The summed E-state index contributed by atoms with van der Waals surface area (Å²) in [4.78, 5) is 12.0. The maximum absolute atomic E-state index is 12.0. The Morgan fingerprint density at radius 3 is 3.00 bits per heavy atom. The number of nitrogens with two attached hydrogens (primary N) is 1. The number of carbonyl (C=O) groups excluding carboxylic acids is 1. The Hall–Kier alpha value is -2.27. The van der Waals surface area contributed by atoms with Crippen LogP contribution in [-0.4, -0.2) is 19.1 Å². The highest BCUT2D eigenvalue weighted by Gasteiger charge is 2.08. The summed E-state index contributed by atoms with van der Waals surface area (Å²) in [6, 6.07) is 9.11. The third-order valence-corrected chi connectivity index (χ3v) is 3.03. The second kappa shape index (κ2) is 7.50. The average molecular weight is 288 g/mol. The standard InChI is InChI=1S/C16H20N2O3/c1-12-5-6-15(17)14(10-12)16(19)18-7-3-8-20-11-13-4-2-9-21-13/h2,4-6,9-10H,3,7-8,11,17H2,1H3,(H,18,19). The van der Waals surface area contributed by atoms with Gasteiger partial charge < -0.3 is 20.2 Å². The van der Waals surface area contributed by atoms with E-state index in [2.05, 4.69) is 5.32 Å². The summed E-state index contributed by atoms with van der Waals surface area (Å²) in [6.45, 7) is 3.49. The highest BCUT2D eigenvalue weighted by molar-refractivity contribution is 5.99. The molecule has 1 aromatic heterocycles. The second-order valence-corrected chi connectivity index (χ2v) is 4.83. The number of nitrogens with one attached hydrogen (secondary N) is 1. The van der Waals surface area contributed by atoms with Gasteiger partial charge in [0.15, 0.2) is 0 Å². The Kier molecular flexibility index (Phi) is 5.40. The Morgan fingerprint density at radius 2 is 2.24 bits per heavy atom. The van der Waals surface area contributed by atoms with Crippen molar-refractivity contribution in [3.63, 3.8) is 0 Å². The number of furan rings is 1. The summed E-state index contributed by atoms with van der Waals surface area (Å²) < 4.78 is 10.6. The lowest BCUT2D eigenvalue weighted by atomic mass is 10.1. The Morgan fingerprint density at radius 1 is 1.38 bits per heavy atom. The summed E-state index contributed by atoms with van der Waals surface area (Å²) in [5, 5.41) is 2.84. The van der Waals surface area contributed by atoms with E-state index in [0.717, 1.165) is 17.7 Å². The quantitative estimate of drug-likeness (QED) is 0.606. The van der Waals surface area contributed by atoms with Gasteiger partial charge in [0.1, 0.15) is 12.4 Å². The van der Waals surface area contributed by atoms with Crippen molar-refractivity contribution < 1.29 is 13.9 Å². The Bertz CT molecular complexity index is 579. The number of aryl methyl sites for hydroxylation is 1. The average Bonchev–Trinajstić information content (AvgIpc) is 2.98. The van der Waals surface area contributed by atoms with Crippen molar-refractivity contribution in [3.05, 3.63) is 53.5 Å². The first-order valence-corrected chi connectivity index (χ1v) is 6.91. The summed E-state index contributed by atoms with van der Waals surface area (Å²) in [7, 11) is 0. The molecule has 1 amide bonds. The van der Waals surface area contributed by atoms with Crippen LogP contribution in [0.5, 0.6) is 0 Å². The van der Waals surface area contributed by atoms with Crippen molar-refractivity contribution in [2.24, 2.45) is 0 Å². The molecule has 0 bridgehead atoms. The third-order valence-electron chi connectivity index (χ3n) is 3.03. The largest absolute Gasteiger partial charge is 0.467 e. The number of nitrogen functional groups attached to an aromatic ring is 1. The second-order valence-electron chi connectivity index (χ2n) is 4.83. The lowest BCUT2D eigenvalue weighted by molar-refractivity contribution is 0.0917. The SMILES string of the molecule is Cc1ccc(N)c(C(=O)NCCCOCc2ccco2)c1. The lowest BCUT2D eigenvalue weighted by Gasteiger charge is -2.08. The van der Waals surface area contributed by atoms with Gasteiger partial charge >= 0.3 is 0 Å². The zero-order valence-corrected chi connectivity index (χ0v) is 12.1. The molecular weight excluding hydrogens is 268 g/mol. The molecule has 0 atom stereocenters. The van der Waals surface area contributed by atoms with Gasteiger partial charge in [0.2, 0.25) is 0 Å². The predicted octanol–water partition coefficient (Wildman–Crippen LogP) is 2.51. The number of hydrogen-bond acceptors (Lipinski definition) is 4. The summed E-state index contributed by atoms with van der Waals surface area (Å²) in [5.41, 5.74) is 7.82. The van der Waals surface area contributed by atoms with Crippen molar-refractivity contribution in [2.75, 3.05) is 18.9 Å². The summed E-state index contributed by atoms with van der Waals surface area (Å²) in [5.74, 6) is 0.647. The van der Waals surface area contributed by atoms with Gasteiger partial charge in [-0.05, 0) is 37.6 Å². The van der Waals surface area contributed by atoms with Crippen LogP contribution >= 0.6 is 0 Å². The maximum Gasteiger partial charge on any atom is 0.253 e. The van der Waals surface area contributed by atoms with Gasteiger partial charge in [-0.1, -0.05) is 11.6 Å². The van der Waals surface area contributed by atoms with Crippen LogP contribution in [0.2, 0.25) is 0 Å². The first-order valence-electron chi connectivity index (χ1n) is 6.91. The van der Waals surface area contributed by atoms with Crippen molar-refractivity contribution >= 4 is 11.6 Å². The van der Waals surface area contributed by atoms with Crippen LogP contribution < -0.4 is 11.1 Å². The predicted molar refractivity (Wildman–Crippen MR) is 80.9 cm³/mol. The number of hydrogen-bond donors (Lipinski definition) is 2. The van der Waals surface area contributed by atoms with Gasteiger partial charge in [-0.2, -0.15) is 0 Å². The van der Waals surface area contributed by atoms with Crippen LogP contribution in [0, 0.1) is 6.92 Å². The maximum atomic E-state index is 12.0. The van der Waals surface area contributed by atoms with E-state index in [1.807, 2.05) is 25.1 Å². The molecule has 5 nitrogen and oxygen atoms in total. The van der Waals surface area contributed by atoms with Gasteiger partial charge in [0.25, 0.3) is 5.91 Å². The molecule has 0 saturated carbocycles. The lowest BCUT2D eigenvalue weighted by Crippen LogP contribution is -2.26. The fourth-order valence-electron chi connectivity index (χ4n) is 1.91. The van der Waals surface area contributed by atoms with Crippen LogP contribution in [0.3, 0.4) is 0 Å². The van der Waals surface area contributed by atoms with Crippen LogP contribution in [0.15, 0.2) is 41.0 Å². The van der Waals surface area contributed by atoms with Crippen molar-refractivity contribution in [3.8, 4) is 0 Å². The molecule has 0 unspecified atom stereocenters. The molecule has 0 aliphatic carbocycles. The van der Waals surface area contributed by atoms with Crippen molar-refractivity contribution in [1.82, 2.24) is 5.32 Å². The molecule has 2 aromatic rings. The van der Waals surface area contributed by atoms with Gasteiger partial charge in [0, 0.05) is 18.8 Å². The number of carbonyl (C=O) groups is 1. The molecular formula is C16H20N2O3. The molecule has 112 valence electrons. The van der Waals surface area contributed by atoms with E-state index in [-0.39, 0.29) is 5.91 Å². The molecule has 0 aliphatic rings. The van der Waals surface area contributed by atoms with Crippen LogP contribution in [0.4, 0.5) is 5.69 Å². The highest BCUT2D eigenvalue weighted by Crippen LogP contribution is 2.13. The molecule has 0 fully saturated rings. The van der Waals surface area contributed by atoms with Gasteiger partial charge in [-0.25, -0.2) is 0 Å². The minimum Gasteiger partial charge on any atom is -0.467 e. The first-order chi connectivity index (χ1) is 10.2. The molecule has 0 aliphatic heterocycles. The molecule has 21 heavy (non-hydrogen) atoms. The van der Waals surface area contributed by atoms with Crippen LogP contribution in [-0.2, 0) is 11.3 Å². The minimum absolute atomic E-state index is 0.151. The molecule has 5 heteroatoms. The minimum atomic E-state index is -0.151. The van der Waals surface area contributed by atoms with E-state index >= 15 is 0 Å². The Labute approximate surface area is 124 Å². The van der Waals surface area contributed by atoms with E-state index in [9.17, 15) is 4.79 Å². The summed E-state index contributed by atoms with van der Waals surface area (Å²) >= 11 is 0. The fourth-order valence-corrected chi connectivity index (χ4v) is 1.91. The molecule has 0 spiro atoms. The smallest absolute Gasteiger partial charge is 0.253 e. The highest BCUT2D eigenvalue weighted by atomic mass is 16.5. The Balaban J connectivity index is 1.66. The van der Waals surface area contributed by atoms with Gasteiger partial charge in [-0.3, -0.25) is 4.79 Å². The fraction of sp³-hybridized carbons (Fsp3) is 0.312. The van der Waals surface area contributed by atoms with Gasteiger partial charge in [0.05, 0.1) is 11.8 Å². The van der Waals surface area contributed by atoms with Gasteiger partial charge in [-0.15, -0.1) is 0 Å². The van der Waals surface area contributed by atoms with E-state index in [4.69, 9.17) is 14.9 Å². The molecule has 0 saturated heterocycles. The molecule has 2 rings (SSSR count). The zero-order chi connectivity index (χ0) is 15.1. The van der Waals surface area contributed by atoms with E-state index in [1.54, 1.807) is 18.4 Å². The van der Waals surface area contributed by atoms with E-state index in [0.29, 0.717) is 31.0 Å². The number of rotatable bonds is 7. The topological polar surface area (TPSA) is 77.5 Å². The van der Waals surface area contributed by atoms with Crippen molar-refractivity contribution in [1.29, 1.82) is 0 Å². The first kappa shape index (κ1) is 15.1. The number of ether oxygens (including phenoxy) is 1. The molecule has 1 aromatic carbocycles. The monoisotopic (exact) mass is 288 g/mol. The number of amides is 1. The molecule has 3 N–H and O–H groups in total. The number of anilines is 1. The van der Waals surface area contributed by atoms with Crippen LogP contribution in [0.1, 0.15) is 28.1 Å². The van der Waals surface area contributed by atoms with Crippen LogP contribution in [0.25, 0.3) is 0 Å². The van der Waals surface area contributed by atoms with E-state index in [1.165, 1.54) is 0 Å². The summed E-state index contributed by atoms with van der Waals surface area (Å²) in [6.07, 6.45) is 2.35. The normalized spacial score (nSPS) is 10.5. The van der Waals surface area contributed by atoms with Crippen molar-refractivity contribution in [2.45, 2.75) is 20.0 Å².